The molecule has 2 aromatic carbocycles. The summed E-state index contributed by atoms with van der Waals surface area (Å²) in [7, 11) is 1.74. The molecule has 138 valence electrons. The molecule has 0 fully saturated rings. The Bertz CT molecular complexity index is 759. The quantitative estimate of drug-likeness (QED) is 0.832. The summed E-state index contributed by atoms with van der Waals surface area (Å²) in [5.41, 5.74) is 3.44. The van der Waals surface area contributed by atoms with Crippen molar-refractivity contribution in [2.45, 2.75) is 33.4 Å². The van der Waals surface area contributed by atoms with Gasteiger partial charge in [0.05, 0.1) is 0 Å². The number of nitrogens with zero attached hydrogens (tertiary/aromatic N) is 1. The van der Waals surface area contributed by atoms with E-state index in [1.54, 1.807) is 31.0 Å². The van der Waals surface area contributed by atoms with Crippen molar-refractivity contribution in [3.63, 3.8) is 0 Å². The Hall–Kier alpha value is -2.82. The van der Waals surface area contributed by atoms with Gasteiger partial charge < -0.3 is 15.0 Å². The molecule has 0 spiro atoms. The predicted octanol–water partition coefficient (Wildman–Crippen LogP) is 2.85. The van der Waals surface area contributed by atoms with Crippen molar-refractivity contribution in [2.24, 2.45) is 0 Å². The fourth-order valence-electron chi connectivity index (χ4n) is 2.70. The van der Waals surface area contributed by atoms with E-state index in [0.29, 0.717) is 12.3 Å². The van der Waals surface area contributed by atoms with Crippen molar-refractivity contribution in [1.82, 2.24) is 10.2 Å². The second-order valence-corrected chi connectivity index (χ2v) is 6.52. The lowest BCUT2D eigenvalue weighted by Gasteiger charge is -2.23. The van der Waals surface area contributed by atoms with E-state index in [2.05, 4.69) is 11.4 Å². The molecule has 1 N–H and O–H groups in total. The van der Waals surface area contributed by atoms with Crippen LogP contribution in [0.4, 0.5) is 0 Å². The minimum Gasteiger partial charge on any atom is -0.484 e. The summed E-state index contributed by atoms with van der Waals surface area (Å²) in [4.78, 5) is 26.1. The van der Waals surface area contributed by atoms with Crippen LogP contribution in [0.2, 0.25) is 0 Å². The van der Waals surface area contributed by atoms with Gasteiger partial charge in [0, 0.05) is 13.6 Å². The Balaban J connectivity index is 1.84. The molecule has 5 heteroatoms. The first kappa shape index (κ1) is 19.5. The molecular weight excluding hydrogens is 328 g/mol. The molecule has 0 saturated heterocycles. The van der Waals surface area contributed by atoms with Gasteiger partial charge >= 0.3 is 0 Å². The third-order valence-corrected chi connectivity index (χ3v) is 4.14. The van der Waals surface area contributed by atoms with Crippen molar-refractivity contribution in [3.8, 4) is 5.75 Å². The van der Waals surface area contributed by atoms with Crippen LogP contribution in [0, 0.1) is 13.8 Å². The number of hydrogen-bond acceptors (Lipinski definition) is 3. The Morgan fingerprint density at radius 3 is 2.46 bits per heavy atom. The topological polar surface area (TPSA) is 58.6 Å². The van der Waals surface area contributed by atoms with Gasteiger partial charge in [-0.3, -0.25) is 9.59 Å². The summed E-state index contributed by atoms with van der Waals surface area (Å²) in [6, 6.07) is 14.6. The zero-order valence-corrected chi connectivity index (χ0v) is 15.8. The van der Waals surface area contributed by atoms with Gasteiger partial charge in [0.15, 0.2) is 6.61 Å². The number of likely N-dealkylation sites (N-methyl/N-ethyl adjacent to an activating group) is 1. The number of benzene rings is 2. The van der Waals surface area contributed by atoms with E-state index in [4.69, 9.17) is 4.74 Å². The molecule has 0 bridgehead atoms. The fourth-order valence-corrected chi connectivity index (χ4v) is 2.70. The Kier molecular flexibility index (Phi) is 6.78. The Morgan fingerprint density at radius 1 is 1.12 bits per heavy atom. The standard InChI is InChI=1S/C21H26N2O3/c1-15-10-11-18(16(2)12-15)13-23(4)21(25)17(3)22-20(24)14-26-19-8-6-5-7-9-19/h5-12,17H,13-14H2,1-4H3,(H,22,24)/t17-/m0/s1. The Morgan fingerprint density at radius 2 is 1.81 bits per heavy atom. The van der Waals surface area contributed by atoms with Gasteiger partial charge in [-0.05, 0) is 44.0 Å². The van der Waals surface area contributed by atoms with E-state index < -0.39 is 6.04 Å². The van der Waals surface area contributed by atoms with Crippen LogP contribution in [0.5, 0.6) is 5.75 Å². The summed E-state index contributed by atoms with van der Waals surface area (Å²) < 4.78 is 5.39. The highest BCUT2D eigenvalue weighted by Gasteiger charge is 2.20. The summed E-state index contributed by atoms with van der Waals surface area (Å²) in [6.07, 6.45) is 0. The maximum atomic E-state index is 12.5. The first-order valence-electron chi connectivity index (χ1n) is 8.65. The van der Waals surface area contributed by atoms with Crippen molar-refractivity contribution in [1.29, 1.82) is 0 Å². The van der Waals surface area contributed by atoms with Crippen molar-refractivity contribution >= 4 is 11.8 Å². The van der Waals surface area contributed by atoms with Crippen LogP contribution in [-0.4, -0.2) is 36.4 Å². The third-order valence-electron chi connectivity index (χ3n) is 4.14. The average Bonchev–Trinajstić information content (AvgIpc) is 2.62. The molecule has 5 nitrogen and oxygen atoms in total. The van der Waals surface area contributed by atoms with Crippen LogP contribution < -0.4 is 10.1 Å². The van der Waals surface area contributed by atoms with E-state index in [-0.39, 0.29) is 18.4 Å². The van der Waals surface area contributed by atoms with Gasteiger partial charge in [-0.25, -0.2) is 0 Å². The van der Waals surface area contributed by atoms with Crippen LogP contribution in [0.25, 0.3) is 0 Å². The molecule has 2 amide bonds. The molecular formula is C21H26N2O3. The van der Waals surface area contributed by atoms with Crippen molar-refractivity contribution < 1.29 is 14.3 Å². The van der Waals surface area contributed by atoms with Gasteiger partial charge in [-0.2, -0.15) is 0 Å². The Labute approximate surface area is 155 Å². The van der Waals surface area contributed by atoms with Crippen LogP contribution in [0.3, 0.4) is 0 Å². The minimum atomic E-state index is -0.613. The average molecular weight is 354 g/mol. The van der Waals surface area contributed by atoms with Gasteiger partial charge in [-0.15, -0.1) is 0 Å². The lowest BCUT2D eigenvalue weighted by atomic mass is 10.1. The molecule has 2 rings (SSSR count). The van der Waals surface area contributed by atoms with Crippen LogP contribution in [0.1, 0.15) is 23.6 Å². The number of carbonyl (C=O) groups is 2. The molecule has 0 unspecified atom stereocenters. The normalized spacial score (nSPS) is 11.5. The van der Waals surface area contributed by atoms with Crippen LogP contribution >= 0.6 is 0 Å². The molecule has 0 heterocycles. The number of amides is 2. The highest BCUT2D eigenvalue weighted by atomic mass is 16.5. The highest BCUT2D eigenvalue weighted by molar-refractivity contribution is 5.87. The zero-order chi connectivity index (χ0) is 19.1. The number of aryl methyl sites for hydroxylation is 2. The zero-order valence-electron chi connectivity index (χ0n) is 15.8. The maximum absolute atomic E-state index is 12.5. The smallest absolute Gasteiger partial charge is 0.258 e. The molecule has 0 radical (unpaired) electrons. The van der Waals surface area contributed by atoms with Crippen LogP contribution in [0.15, 0.2) is 48.5 Å². The SMILES string of the molecule is Cc1ccc(CN(C)C(=O)[C@H](C)NC(=O)COc2ccccc2)c(C)c1. The number of ether oxygens (including phenoxy) is 1. The van der Waals surface area contributed by atoms with Crippen LogP contribution in [-0.2, 0) is 16.1 Å². The fraction of sp³-hybridized carbons (Fsp3) is 0.333. The molecule has 0 saturated carbocycles. The first-order valence-corrected chi connectivity index (χ1v) is 8.65. The second kappa shape index (κ2) is 9.04. The lowest BCUT2D eigenvalue weighted by molar-refractivity contribution is -0.135. The number of para-hydroxylation sites is 1. The van der Waals surface area contributed by atoms with E-state index in [1.165, 1.54) is 5.56 Å². The maximum Gasteiger partial charge on any atom is 0.258 e. The molecule has 0 aliphatic carbocycles. The molecule has 26 heavy (non-hydrogen) atoms. The lowest BCUT2D eigenvalue weighted by Crippen LogP contribution is -2.46. The van der Waals surface area contributed by atoms with E-state index in [1.807, 2.05) is 44.2 Å². The highest BCUT2D eigenvalue weighted by Crippen LogP contribution is 2.13. The van der Waals surface area contributed by atoms with Crippen molar-refractivity contribution in [3.05, 3.63) is 65.2 Å². The number of hydrogen-bond donors (Lipinski definition) is 1. The van der Waals surface area contributed by atoms with Gasteiger partial charge in [0.25, 0.3) is 5.91 Å². The van der Waals surface area contributed by atoms with E-state index in [9.17, 15) is 9.59 Å². The monoisotopic (exact) mass is 354 g/mol. The minimum absolute atomic E-state index is 0.123. The molecule has 2 aromatic rings. The molecule has 0 aromatic heterocycles. The van der Waals surface area contributed by atoms with Crippen molar-refractivity contribution in [2.75, 3.05) is 13.7 Å². The largest absolute Gasteiger partial charge is 0.484 e. The summed E-state index contributed by atoms with van der Waals surface area (Å²) in [5.74, 6) is 0.154. The molecule has 0 aliphatic rings. The summed E-state index contributed by atoms with van der Waals surface area (Å²) >= 11 is 0. The summed E-state index contributed by atoms with van der Waals surface area (Å²) in [6.45, 7) is 6.14. The van der Waals surface area contributed by atoms with Gasteiger partial charge in [0.2, 0.25) is 5.91 Å². The second-order valence-electron chi connectivity index (χ2n) is 6.52. The summed E-state index contributed by atoms with van der Waals surface area (Å²) in [5, 5.41) is 2.69. The van der Waals surface area contributed by atoms with E-state index in [0.717, 1.165) is 11.1 Å². The molecule has 1 atom stereocenters. The van der Waals surface area contributed by atoms with E-state index >= 15 is 0 Å². The van der Waals surface area contributed by atoms with Gasteiger partial charge in [-0.1, -0.05) is 42.0 Å². The number of carbonyl (C=O) groups excluding carboxylic acids is 2. The molecule has 0 aliphatic heterocycles. The van der Waals surface area contributed by atoms with Gasteiger partial charge in [0.1, 0.15) is 11.8 Å². The predicted molar refractivity (Wildman–Crippen MR) is 102 cm³/mol. The number of nitrogens with one attached hydrogen (secondary N) is 1. The third kappa shape index (κ3) is 5.62. The first-order chi connectivity index (χ1) is 12.4. The number of rotatable bonds is 7.